The number of anilines is 2. The quantitative estimate of drug-likeness (QED) is 0.818. The first-order valence-corrected chi connectivity index (χ1v) is 7.81. The molecule has 0 aromatic heterocycles. The second-order valence-electron chi connectivity index (χ2n) is 5.58. The van der Waals surface area contributed by atoms with Crippen LogP contribution in [0.2, 0.25) is 0 Å². The molecular weight excluding hydrogens is 323 g/mol. The van der Waals surface area contributed by atoms with E-state index in [4.69, 9.17) is 0 Å². The molecular formula is C19H19FN2O3. The molecule has 1 N–H and O–H groups in total. The molecule has 0 heterocycles. The third-order valence-corrected chi connectivity index (χ3v) is 3.63. The second-order valence-corrected chi connectivity index (χ2v) is 5.58. The molecule has 2 aromatic carbocycles. The van der Waals surface area contributed by atoms with E-state index in [1.807, 2.05) is 0 Å². The highest BCUT2D eigenvalue weighted by molar-refractivity contribution is 5.98. The molecule has 0 fully saturated rings. The minimum Gasteiger partial charge on any atom is -0.326 e. The summed E-state index contributed by atoms with van der Waals surface area (Å²) in [5, 5.41) is 2.65. The van der Waals surface area contributed by atoms with Crippen molar-refractivity contribution < 1.29 is 18.8 Å². The van der Waals surface area contributed by atoms with Gasteiger partial charge in [-0.2, -0.15) is 0 Å². The average Bonchev–Trinajstić information content (AvgIpc) is 2.57. The van der Waals surface area contributed by atoms with Crippen molar-refractivity contribution in [2.75, 3.05) is 16.8 Å². The summed E-state index contributed by atoms with van der Waals surface area (Å²) in [6.45, 7) is 3.02. The van der Waals surface area contributed by atoms with Gasteiger partial charge >= 0.3 is 0 Å². The van der Waals surface area contributed by atoms with Crippen molar-refractivity contribution in [3.63, 3.8) is 0 Å². The molecule has 6 heteroatoms. The van der Waals surface area contributed by atoms with Crippen molar-refractivity contribution in [2.24, 2.45) is 0 Å². The van der Waals surface area contributed by atoms with Gasteiger partial charge in [-0.3, -0.25) is 14.4 Å². The van der Waals surface area contributed by atoms with E-state index in [1.54, 1.807) is 24.3 Å². The third-order valence-electron chi connectivity index (χ3n) is 3.63. The van der Waals surface area contributed by atoms with Crippen LogP contribution in [0, 0.1) is 5.82 Å². The van der Waals surface area contributed by atoms with E-state index in [9.17, 15) is 18.8 Å². The lowest BCUT2D eigenvalue weighted by Crippen LogP contribution is -2.32. The van der Waals surface area contributed by atoms with Crippen molar-refractivity contribution in [1.29, 1.82) is 0 Å². The van der Waals surface area contributed by atoms with Gasteiger partial charge in [-0.1, -0.05) is 12.1 Å². The molecule has 2 rings (SSSR count). The summed E-state index contributed by atoms with van der Waals surface area (Å²) in [7, 11) is 0. The Balaban J connectivity index is 2.03. The lowest BCUT2D eigenvalue weighted by molar-refractivity contribution is -0.117. The molecule has 0 aliphatic heterocycles. The van der Waals surface area contributed by atoms with Gasteiger partial charge in [-0.15, -0.1) is 0 Å². The van der Waals surface area contributed by atoms with Crippen LogP contribution in [0.1, 0.15) is 30.6 Å². The maximum absolute atomic E-state index is 12.9. The highest BCUT2D eigenvalue weighted by atomic mass is 19.1. The number of nitrogens with one attached hydrogen (secondary N) is 1. The Bertz CT molecular complexity index is 788. The Kier molecular flexibility index (Phi) is 6.00. The van der Waals surface area contributed by atoms with Crippen LogP contribution < -0.4 is 10.2 Å². The predicted octanol–water partition coefficient (Wildman–Crippen LogP) is 3.41. The van der Waals surface area contributed by atoms with E-state index >= 15 is 0 Å². The van der Waals surface area contributed by atoms with Gasteiger partial charge in [0.2, 0.25) is 11.8 Å². The zero-order chi connectivity index (χ0) is 18.4. The number of hydrogen-bond acceptors (Lipinski definition) is 3. The number of halogens is 1. The maximum Gasteiger partial charge on any atom is 0.226 e. The van der Waals surface area contributed by atoms with E-state index in [2.05, 4.69) is 5.32 Å². The number of ketones is 1. The zero-order valence-corrected chi connectivity index (χ0v) is 14.1. The summed E-state index contributed by atoms with van der Waals surface area (Å²) < 4.78 is 12.9. The van der Waals surface area contributed by atoms with Crippen LogP contribution in [0.15, 0.2) is 48.5 Å². The fraction of sp³-hybridized carbons (Fsp3) is 0.211. The van der Waals surface area contributed by atoms with Crippen molar-refractivity contribution in [1.82, 2.24) is 0 Å². The van der Waals surface area contributed by atoms with Gasteiger partial charge in [0.1, 0.15) is 5.82 Å². The SMILES string of the molecule is CC(=O)c1cccc(N(CCC(=O)Nc2ccc(F)cc2)C(C)=O)c1. The van der Waals surface area contributed by atoms with Crippen LogP contribution in [0.25, 0.3) is 0 Å². The fourth-order valence-corrected chi connectivity index (χ4v) is 2.33. The monoisotopic (exact) mass is 342 g/mol. The smallest absolute Gasteiger partial charge is 0.226 e. The van der Waals surface area contributed by atoms with Crippen LogP contribution in [0.5, 0.6) is 0 Å². The van der Waals surface area contributed by atoms with Crippen LogP contribution in [0.3, 0.4) is 0 Å². The van der Waals surface area contributed by atoms with Gasteiger partial charge in [0.25, 0.3) is 0 Å². The summed E-state index contributed by atoms with van der Waals surface area (Å²) in [5.74, 6) is -0.999. The zero-order valence-electron chi connectivity index (χ0n) is 14.1. The lowest BCUT2D eigenvalue weighted by Gasteiger charge is -2.21. The standard InChI is InChI=1S/C19H19FN2O3/c1-13(23)15-4-3-5-18(12-15)22(14(2)24)11-10-19(25)21-17-8-6-16(20)7-9-17/h3-9,12H,10-11H2,1-2H3,(H,21,25). The number of hydrogen-bond donors (Lipinski definition) is 1. The molecule has 2 aromatic rings. The number of carbonyl (C=O) groups is 3. The molecule has 0 bridgehead atoms. The Labute approximate surface area is 145 Å². The molecule has 0 atom stereocenters. The number of Topliss-reactive ketones (excluding diaryl/α,β-unsaturated/α-hetero) is 1. The Hall–Kier alpha value is -3.02. The van der Waals surface area contributed by atoms with Crippen molar-refractivity contribution in [2.45, 2.75) is 20.3 Å². The first-order valence-electron chi connectivity index (χ1n) is 7.81. The molecule has 0 unspecified atom stereocenters. The van der Waals surface area contributed by atoms with E-state index in [0.717, 1.165) is 0 Å². The molecule has 25 heavy (non-hydrogen) atoms. The second kappa shape index (κ2) is 8.19. The molecule has 130 valence electrons. The van der Waals surface area contributed by atoms with E-state index in [-0.39, 0.29) is 36.4 Å². The first-order chi connectivity index (χ1) is 11.9. The fourth-order valence-electron chi connectivity index (χ4n) is 2.33. The topological polar surface area (TPSA) is 66.5 Å². The first kappa shape index (κ1) is 18.3. The highest BCUT2D eigenvalue weighted by Gasteiger charge is 2.14. The molecule has 0 radical (unpaired) electrons. The number of nitrogens with zero attached hydrogens (tertiary/aromatic N) is 1. The Morgan fingerprint density at radius 2 is 1.72 bits per heavy atom. The lowest BCUT2D eigenvalue weighted by atomic mass is 10.1. The number of benzene rings is 2. The summed E-state index contributed by atoms with van der Waals surface area (Å²) >= 11 is 0. The number of rotatable bonds is 6. The summed E-state index contributed by atoms with van der Waals surface area (Å²) in [6, 6.07) is 12.1. The van der Waals surface area contributed by atoms with Crippen molar-refractivity contribution in [3.05, 3.63) is 59.9 Å². The predicted molar refractivity (Wildman–Crippen MR) is 94.1 cm³/mol. The van der Waals surface area contributed by atoms with Crippen LogP contribution in [0.4, 0.5) is 15.8 Å². The molecule has 0 saturated heterocycles. The summed E-state index contributed by atoms with van der Waals surface area (Å²) in [4.78, 5) is 36.9. The van der Waals surface area contributed by atoms with Crippen LogP contribution >= 0.6 is 0 Å². The molecule has 0 spiro atoms. The Morgan fingerprint density at radius 1 is 1.04 bits per heavy atom. The molecule has 0 aliphatic rings. The largest absolute Gasteiger partial charge is 0.326 e. The minimum atomic E-state index is -0.383. The van der Waals surface area contributed by atoms with E-state index in [1.165, 1.54) is 43.0 Å². The third kappa shape index (κ3) is 5.24. The van der Waals surface area contributed by atoms with Crippen molar-refractivity contribution >= 4 is 29.0 Å². The summed E-state index contributed by atoms with van der Waals surface area (Å²) in [6.07, 6.45) is 0.0707. The molecule has 5 nitrogen and oxygen atoms in total. The normalized spacial score (nSPS) is 10.2. The summed E-state index contributed by atoms with van der Waals surface area (Å²) in [5.41, 5.74) is 1.55. The molecule has 2 amide bonds. The van der Waals surface area contributed by atoms with Gasteiger partial charge in [0.15, 0.2) is 5.78 Å². The van der Waals surface area contributed by atoms with Gasteiger partial charge in [-0.05, 0) is 43.3 Å². The van der Waals surface area contributed by atoms with Gasteiger partial charge in [-0.25, -0.2) is 4.39 Å². The van der Waals surface area contributed by atoms with Crippen LogP contribution in [-0.4, -0.2) is 24.1 Å². The highest BCUT2D eigenvalue weighted by Crippen LogP contribution is 2.18. The average molecular weight is 342 g/mol. The molecule has 0 aliphatic carbocycles. The van der Waals surface area contributed by atoms with Crippen molar-refractivity contribution in [3.8, 4) is 0 Å². The van der Waals surface area contributed by atoms with E-state index in [0.29, 0.717) is 16.9 Å². The Morgan fingerprint density at radius 3 is 2.32 bits per heavy atom. The minimum absolute atomic E-state index is 0.0707. The number of amides is 2. The van der Waals surface area contributed by atoms with Gasteiger partial charge in [0.05, 0.1) is 0 Å². The van der Waals surface area contributed by atoms with Crippen LogP contribution in [-0.2, 0) is 9.59 Å². The van der Waals surface area contributed by atoms with Gasteiger partial charge < -0.3 is 10.2 Å². The number of carbonyl (C=O) groups excluding carboxylic acids is 3. The maximum atomic E-state index is 12.9. The van der Waals surface area contributed by atoms with E-state index < -0.39 is 0 Å². The van der Waals surface area contributed by atoms with Gasteiger partial charge in [0, 0.05) is 36.8 Å². The molecule has 0 saturated carbocycles.